The summed E-state index contributed by atoms with van der Waals surface area (Å²) in [7, 11) is 0. The highest BCUT2D eigenvalue weighted by molar-refractivity contribution is 5.96. The van der Waals surface area contributed by atoms with E-state index in [0.29, 0.717) is 49.0 Å². The number of carbonyl (C=O) groups is 2. The standard InChI is InChI=1S/C25H36N4O4/c1-18-5-3-11-27(16-18)22-8-7-21(15-23(22)29(32)33)25(31)26-13-9-20(10-14-26)24(30)28-12-4-6-19(2)17-28/h7-8,15,18-20H,3-6,9-14,16-17H2,1-2H3. The van der Waals surface area contributed by atoms with Crippen molar-refractivity contribution in [2.24, 2.45) is 17.8 Å². The van der Waals surface area contributed by atoms with Crippen LogP contribution < -0.4 is 4.90 Å². The second-order valence-corrected chi connectivity index (χ2v) is 10.3. The number of nitrogens with zero attached hydrogens (tertiary/aromatic N) is 4. The number of nitro groups is 1. The average Bonchev–Trinajstić information content (AvgIpc) is 2.83. The van der Waals surface area contributed by atoms with Gasteiger partial charge in [-0.15, -0.1) is 0 Å². The molecule has 0 saturated carbocycles. The lowest BCUT2D eigenvalue weighted by atomic mass is 9.92. The van der Waals surface area contributed by atoms with E-state index >= 15 is 0 Å². The molecule has 0 N–H and O–H groups in total. The Bertz CT molecular complexity index is 896. The molecule has 0 radical (unpaired) electrons. The van der Waals surface area contributed by atoms with Gasteiger partial charge in [0.25, 0.3) is 11.6 Å². The van der Waals surface area contributed by atoms with Crippen LogP contribution in [0.3, 0.4) is 0 Å². The van der Waals surface area contributed by atoms with E-state index in [-0.39, 0.29) is 28.3 Å². The number of likely N-dealkylation sites (tertiary alicyclic amines) is 2. The first-order chi connectivity index (χ1) is 15.8. The summed E-state index contributed by atoms with van der Waals surface area (Å²) in [4.78, 5) is 43.3. The maximum Gasteiger partial charge on any atom is 0.293 e. The lowest BCUT2D eigenvalue weighted by Crippen LogP contribution is -2.47. The molecule has 0 spiro atoms. The van der Waals surface area contributed by atoms with Crippen LogP contribution in [0.1, 0.15) is 62.7 Å². The number of hydrogen-bond acceptors (Lipinski definition) is 5. The van der Waals surface area contributed by atoms with Crippen molar-refractivity contribution in [2.75, 3.05) is 44.2 Å². The van der Waals surface area contributed by atoms with Crippen LogP contribution in [-0.4, -0.2) is 65.8 Å². The Hall–Kier alpha value is -2.64. The van der Waals surface area contributed by atoms with Crippen molar-refractivity contribution in [1.29, 1.82) is 0 Å². The molecule has 3 aliphatic heterocycles. The molecule has 4 rings (SSSR count). The van der Waals surface area contributed by atoms with E-state index in [2.05, 4.69) is 18.7 Å². The summed E-state index contributed by atoms with van der Waals surface area (Å²) in [5.74, 6) is 1.06. The van der Waals surface area contributed by atoms with Crippen LogP contribution >= 0.6 is 0 Å². The van der Waals surface area contributed by atoms with Gasteiger partial charge in [-0.05, 0) is 62.5 Å². The molecule has 33 heavy (non-hydrogen) atoms. The van der Waals surface area contributed by atoms with Gasteiger partial charge in [0, 0.05) is 56.8 Å². The van der Waals surface area contributed by atoms with E-state index in [4.69, 9.17) is 0 Å². The molecule has 3 heterocycles. The first-order valence-corrected chi connectivity index (χ1v) is 12.4. The molecule has 180 valence electrons. The fourth-order valence-electron chi connectivity index (χ4n) is 5.64. The van der Waals surface area contributed by atoms with Gasteiger partial charge in [0.15, 0.2) is 0 Å². The summed E-state index contributed by atoms with van der Waals surface area (Å²) in [5.41, 5.74) is 0.951. The molecule has 0 aromatic heterocycles. The van der Waals surface area contributed by atoms with E-state index in [1.165, 1.54) is 12.5 Å². The zero-order valence-corrected chi connectivity index (χ0v) is 19.9. The zero-order valence-electron chi connectivity index (χ0n) is 19.9. The third kappa shape index (κ3) is 5.31. The zero-order chi connectivity index (χ0) is 23.5. The topological polar surface area (TPSA) is 87.0 Å². The SMILES string of the molecule is CC1CCCN(C(=O)C2CCN(C(=O)c3ccc(N4CCCC(C)C4)c([N+](=O)[O-])c3)CC2)C1. The number of carbonyl (C=O) groups excluding carboxylic acids is 2. The molecule has 8 heteroatoms. The second kappa shape index (κ2) is 10.1. The van der Waals surface area contributed by atoms with E-state index in [9.17, 15) is 19.7 Å². The number of anilines is 1. The summed E-state index contributed by atoms with van der Waals surface area (Å²) >= 11 is 0. The summed E-state index contributed by atoms with van der Waals surface area (Å²) in [6, 6.07) is 4.89. The Morgan fingerprint density at radius 3 is 2.21 bits per heavy atom. The van der Waals surface area contributed by atoms with Crippen LogP contribution in [0.2, 0.25) is 0 Å². The second-order valence-electron chi connectivity index (χ2n) is 10.3. The highest BCUT2D eigenvalue weighted by Gasteiger charge is 2.33. The van der Waals surface area contributed by atoms with Gasteiger partial charge in [0.1, 0.15) is 5.69 Å². The first kappa shape index (κ1) is 23.5. The van der Waals surface area contributed by atoms with Crippen LogP contribution in [0.5, 0.6) is 0 Å². The Labute approximate surface area is 196 Å². The lowest BCUT2D eigenvalue weighted by Gasteiger charge is -2.37. The number of benzene rings is 1. The van der Waals surface area contributed by atoms with Gasteiger partial charge in [-0.2, -0.15) is 0 Å². The van der Waals surface area contributed by atoms with E-state index in [0.717, 1.165) is 45.4 Å². The molecule has 2 atom stereocenters. The smallest absolute Gasteiger partial charge is 0.293 e. The summed E-state index contributed by atoms with van der Waals surface area (Å²) in [6.07, 6.45) is 5.70. The van der Waals surface area contributed by atoms with Crippen molar-refractivity contribution >= 4 is 23.2 Å². The molecule has 0 aliphatic carbocycles. The van der Waals surface area contributed by atoms with Gasteiger partial charge in [0.05, 0.1) is 4.92 Å². The van der Waals surface area contributed by atoms with Gasteiger partial charge in [-0.1, -0.05) is 13.8 Å². The quantitative estimate of drug-likeness (QED) is 0.506. The minimum Gasteiger partial charge on any atom is -0.366 e. The molecule has 3 saturated heterocycles. The Balaban J connectivity index is 1.40. The molecule has 2 unspecified atom stereocenters. The monoisotopic (exact) mass is 456 g/mol. The van der Waals surface area contributed by atoms with Crippen molar-refractivity contribution < 1.29 is 14.5 Å². The van der Waals surface area contributed by atoms with E-state index < -0.39 is 0 Å². The highest BCUT2D eigenvalue weighted by atomic mass is 16.6. The minimum atomic E-state index is -0.379. The van der Waals surface area contributed by atoms with Crippen molar-refractivity contribution in [1.82, 2.24) is 9.80 Å². The van der Waals surface area contributed by atoms with Gasteiger partial charge in [-0.3, -0.25) is 19.7 Å². The third-order valence-electron chi connectivity index (χ3n) is 7.52. The number of piperidine rings is 3. The predicted octanol–water partition coefficient (Wildman–Crippen LogP) is 3.94. The van der Waals surface area contributed by atoms with Crippen molar-refractivity contribution in [3.63, 3.8) is 0 Å². The largest absolute Gasteiger partial charge is 0.366 e. The fourth-order valence-corrected chi connectivity index (χ4v) is 5.64. The normalized spacial score (nSPS) is 24.6. The van der Waals surface area contributed by atoms with Gasteiger partial charge in [-0.25, -0.2) is 0 Å². The van der Waals surface area contributed by atoms with E-state index in [1.807, 2.05) is 4.90 Å². The highest BCUT2D eigenvalue weighted by Crippen LogP contribution is 2.33. The molecular formula is C25H36N4O4. The summed E-state index contributed by atoms with van der Waals surface area (Å²) in [6.45, 7) is 8.65. The molecule has 0 bridgehead atoms. The van der Waals surface area contributed by atoms with Crippen LogP contribution in [0, 0.1) is 27.9 Å². The summed E-state index contributed by atoms with van der Waals surface area (Å²) in [5, 5.41) is 11.8. The Morgan fingerprint density at radius 2 is 1.58 bits per heavy atom. The van der Waals surface area contributed by atoms with Gasteiger partial charge >= 0.3 is 0 Å². The first-order valence-electron chi connectivity index (χ1n) is 12.4. The number of nitro benzene ring substituents is 1. The fraction of sp³-hybridized carbons (Fsp3) is 0.680. The molecule has 1 aromatic rings. The Morgan fingerprint density at radius 1 is 0.909 bits per heavy atom. The third-order valence-corrected chi connectivity index (χ3v) is 7.52. The Kier molecular flexibility index (Phi) is 7.20. The molecule has 3 fully saturated rings. The predicted molar refractivity (Wildman–Crippen MR) is 127 cm³/mol. The maximum absolute atomic E-state index is 13.1. The van der Waals surface area contributed by atoms with Crippen molar-refractivity contribution in [3.05, 3.63) is 33.9 Å². The average molecular weight is 457 g/mol. The lowest BCUT2D eigenvalue weighted by molar-refractivity contribution is -0.384. The van der Waals surface area contributed by atoms with Crippen molar-refractivity contribution in [3.8, 4) is 0 Å². The van der Waals surface area contributed by atoms with Crippen LogP contribution in [0.4, 0.5) is 11.4 Å². The molecule has 3 aliphatic rings. The van der Waals surface area contributed by atoms with Crippen molar-refractivity contribution in [2.45, 2.75) is 52.4 Å². The minimum absolute atomic E-state index is 0.000711. The van der Waals surface area contributed by atoms with E-state index in [1.54, 1.807) is 17.0 Å². The molecular weight excluding hydrogens is 420 g/mol. The number of amides is 2. The molecule has 1 aromatic carbocycles. The van der Waals surface area contributed by atoms with Gasteiger partial charge in [0.2, 0.25) is 5.91 Å². The van der Waals surface area contributed by atoms with Crippen LogP contribution in [0.15, 0.2) is 18.2 Å². The molecule has 8 nitrogen and oxygen atoms in total. The van der Waals surface area contributed by atoms with Crippen LogP contribution in [0.25, 0.3) is 0 Å². The number of hydrogen-bond donors (Lipinski definition) is 0. The molecule has 2 amide bonds. The van der Waals surface area contributed by atoms with Crippen LogP contribution in [-0.2, 0) is 4.79 Å². The summed E-state index contributed by atoms with van der Waals surface area (Å²) < 4.78 is 0. The number of rotatable bonds is 4. The maximum atomic E-state index is 13.1. The van der Waals surface area contributed by atoms with Gasteiger partial charge < -0.3 is 14.7 Å².